The number of hydrogen-bond donors (Lipinski definition) is 0. The van der Waals surface area contributed by atoms with Crippen LogP contribution in [0.25, 0.3) is 0 Å². The second-order valence-corrected chi connectivity index (χ2v) is 7.57. The topological polar surface area (TPSA) is 20.3 Å². The van der Waals surface area contributed by atoms with E-state index in [1.165, 1.54) is 5.56 Å². The molecular weight excluding hydrogens is 421 g/mol. The van der Waals surface area contributed by atoms with Crippen molar-refractivity contribution in [2.24, 2.45) is 0 Å². The molecule has 2 aromatic carbocycles. The fraction of sp³-hybridized carbons (Fsp3) is 0.316. The van der Waals surface area contributed by atoms with Crippen molar-refractivity contribution in [1.29, 1.82) is 0 Å². The van der Waals surface area contributed by atoms with Gasteiger partial charge >= 0.3 is 0 Å². The van der Waals surface area contributed by atoms with E-state index in [0.29, 0.717) is 5.92 Å². The predicted octanol–water partition coefficient (Wildman–Crippen LogP) is 5.35. The highest BCUT2D eigenvalue weighted by Gasteiger charge is 2.24. The SMILES string of the molecule is O=C(c1ccccc1I)N1CCCCC(c2ccc(Cl)cc2)C1. The average molecular weight is 440 g/mol. The van der Waals surface area contributed by atoms with E-state index in [2.05, 4.69) is 34.7 Å². The summed E-state index contributed by atoms with van der Waals surface area (Å²) in [4.78, 5) is 14.9. The summed E-state index contributed by atoms with van der Waals surface area (Å²) in [5, 5.41) is 0.758. The first-order valence-corrected chi connectivity index (χ1v) is 9.40. The molecule has 1 fully saturated rings. The summed E-state index contributed by atoms with van der Waals surface area (Å²) in [5.74, 6) is 0.538. The Hall–Kier alpha value is -1.07. The molecular formula is C19H19ClINO. The highest BCUT2D eigenvalue weighted by Crippen LogP contribution is 2.28. The molecule has 2 nitrogen and oxygen atoms in total. The number of benzene rings is 2. The molecule has 1 atom stereocenters. The average Bonchev–Trinajstić information content (AvgIpc) is 2.81. The maximum atomic E-state index is 12.9. The third-order valence-electron chi connectivity index (χ3n) is 4.40. The highest BCUT2D eigenvalue weighted by molar-refractivity contribution is 14.1. The molecule has 0 aromatic heterocycles. The zero-order valence-corrected chi connectivity index (χ0v) is 15.8. The first kappa shape index (κ1) is 16.8. The van der Waals surface area contributed by atoms with Crippen molar-refractivity contribution in [3.05, 3.63) is 68.3 Å². The molecule has 0 spiro atoms. The molecule has 3 rings (SSSR count). The Bertz CT molecular complexity index is 686. The molecule has 1 heterocycles. The van der Waals surface area contributed by atoms with Gasteiger partial charge in [-0.2, -0.15) is 0 Å². The highest BCUT2D eigenvalue weighted by atomic mass is 127. The summed E-state index contributed by atoms with van der Waals surface area (Å²) < 4.78 is 1.02. The fourth-order valence-corrected chi connectivity index (χ4v) is 3.88. The standard InChI is InChI=1S/C19H19ClINO/c20-16-10-8-14(9-11-16)15-5-3-4-12-22(13-15)19(23)17-6-1-2-7-18(17)21/h1-2,6-11,15H,3-5,12-13H2. The van der Waals surface area contributed by atoms with Gasteiger partial charge in [-0.15, -0.1) is 0 Å². The maximum Gasteiger partial charge on any atom is 0.254 e. The normalized spacial score (nSPS) is 18.5. The summed E-state index contributed by atoms with van der Waals surface area (Å²) in [5.41, 5.74) is 2.08. The number of carbonyl (C=O) groups excluding carboxylic acids is 1. The van der Waals surface area contributed by atoms with Gasteiger partial charge in [0.1, 0.15) is 0 Å². The number of amides is 1. The summed E-state index contributed by atoms with van der Waals surface area (Å²) in [6, 6.07) is 15.9. The molecule has 23 heavy (non-hydrogen) atoms. The van der Waals surface area contributed by atoms with E-state index in [9.17, 15) is 4.79 Å². The Morgan fingerprint density at radius 3 is 2.57 bits per heavy atom. The molecule has 120 valence electrons. The van der Waals surface area contributed by atoms with Crippen LogP contribution in [0.1, 0.15) is 41.1 Å². The molecule has 0 N–H and O–H groups in total. The maximum absolute atomic E-state index is 12.9. The van der Waals surface area contributed by atoms with Crippen molar-refractivity contribution in [2.75, 3.05) is 13.1 Å². The van der Waals surface area contributed by atoms with Crippen molar-refractivity contribution >= 4 is 40.1 Å². The molecule has 1 unspecified atom stereocenters. The second kappa shape index (κ2) is 7.67. The number of carbonyl (C=O) groups is 1. The summed E-state index contributed by atoms with van der Waals surface area (Å²) in [6.07, 6.45) is 3.35. The summed E-state index contributed by atoms with van der Waals surface area (Å²) in [6.45, 7) is 1.62. The van der Waals surface area contributed by atoms with Crippen LogP contribution in [0.3, 0.4) is 0 Å². The summed E-state index contributed by atoms with van der Waals surface area (Å²) in [7, 11) is 0. The number of hydrogen-bond acceptors (Lipinski definition) is 1. The predicted molar refractivity (Wildman–Crippen MR) is 103 cm³/mol. The van der Waals surface area contributed by atoms with E-state index in [1.807, 2.05) is 41.3 Å². The van der Waals surface area contributed by atoms with Crippen LogP contribution in [0, 0.1) is 3.57 Å². The van der Waals surface area contributed by atoms with E-state index >= 15 is 0 Å². The molecule has 1 amide bonds. The molecule has 1 aliphatic rings. The summed E-state index contributed by atoms with van der Waals surface area (Å²) >= 11 is 8.23. The molecule has 0 radical (unpaired) electrons. The first-order valence-electron chi connectivity index (χ1n) is 7.94. The number of rotatable bonds is 2. The van der Waals surface area contributed by atoms with Gasteiger partial charge in [0.15, 0.2) is 0 Å². The van der Waals surface area contributed by atoms with E-state index < -0.39 is 0 Å². The van der Waals surface area contributed by atoms with Gasteiger partial charge in [-0.3, -0.25) is 4.79 Å². The lowest BCUT2D eigenvalue weighted by Crippen LogP contribution is -2.34. The van der Waals surface area contributed by atoms with Crippen LogP contribution in [0.5, 0.6) is 0 Å². The van der Waals surface area contributed by atoms with Crippen LogP contribution in [-0.4, -0.2) is 23.9 Å². The minimum Gasteiger partial charge on any atom is -0.338 e. The van der Waals surface area contributed by atoms with Crippen LogP contribution in [0.15, 0.2) is 48.5 Å². The van der Waals surface area contributed by atoms with Crippen LogP contribution in [0.2, 0.25) is 5.02 Å². The van der Waals surface area contributed by atoms with Gasteiger partial charge < -0.3 is 4.90 Å². The molecule has 1 saturated heterocycles. The van der Waals surface area contributed by atoms with E-state index in [1.54, 1.807) is 0 Å². The quantitative estimate of drug-likeness (QED) is 0.577. The zero-order chi connectivity index (χ0) is 16.2. The van der Waals surface area contributed by atoms with E-state index in [4.69, 9.17) is 11.6 Å². The zero-order valence-electron chi connectivity index (χ0n) is 12.8. The molecule has 0 saturated carbocycles. The van der Waals surface area contributed by atoms with Crippen molar-refractivity contribution in [2.45, 2.75) is 25.2 Å². The Balaban J connectivity index is 1.81. The van der Waals surface area contributed by atoms with Crippen LogP contribution in [0.4, 0.5) is 0 Å². The van der Waals surface area contributed by atoms with Crippen molar-refractivity contribution < 1.29 is 4.79 Å². The lowest BCUT2D eigenvalue weighted by molar-refractivity contribution is 0.0753. The monoisotopic (exact) mass is 439 g/mol. The van der Waals surface area contributed by atoms with Crippen LogP contribution < -0.4 is 0 Å². The van der Waals surface area contributed by atoms with Gasteiger partial charge in [0.25, 0.3) is 5.91 Å². The minimum atomic E-state index is 0.149. The van der Waals surface area contributed by atoms with Gasteiger partial charge in [0, 0.05) is 27.6 Å². The third kappa shape index (κ3) is 4.07. The first-order chi connectivity index (χ1) is 11.1. The number of halogens is 2. The van der Waals surface area contributed by atoms with Gasteiger partial charge in [-0.1, -0.05) is 42.3 Å². The van der Waals surface area contributed by atoms with E-state index in [-0.39, 0.29) is 5.91 Å². The lowest BCUT2D eigenvalue weighted by atomic mass is 9.94. The number of nitrogens with zero attached hydrogens (tertiary/aromatic N) is 1. The van der Waals surface area contributed by atoms with E-state index in [0.717, 1.165) is 46.5 Å². The van der Waals surface area contributed by atoms with Crippen LogP contribution in [-0.2, 0) is 0 Å². The van der Waals surface area contributed by atoms with Crippen molar-refractivity contribution in [1.82, 2.24) is 4.90 Å². The Labute approximate surface area is 156 Å². The number of likely N-dealkylation sites (tertiary alicyclic amines) is 1. The Morgan fingerprint density at radius 1 is 1.09 bits per heavy atom. The largest absolute Gasteiger partial charge is 0.338 e. The Morgan fingerprint density at radius 2 is 1.83 bits per heavy atom. The second-order valence-electron chi connectivity index (χ2n) is 5.98. The Kier molecular flexibility index (Phi) is 5.59. The molecule has 0 bridgehead atoms. The van der Waals surface area contributed by atoms with Gasteiger partial charge in [-0.05, 0) is 65.3 Å². The van der Waals surface area contributed by atoms with Gasteiger partial charge in [0.05, 0.1) is 5.56 Å². The minimum absolute atomic E-state index is 0.149. The van der Waals surface area contributed by atoms with Gasteiger partial charge in [0.2, 0.25) is 0 Å². The lowest BCUT2D eigenvalue weighted by Gasteiger charge is -2.25. The fourth-order valence-electron chi connectivity index (χ4n) is 3.14. The smallest absolute Gasteiger partial charge is 0.254 e. The van der Waals surface area contributed by atoms with Crippen LogP contribution >= 0.6 is 34.2 Å². The van der Waals surface area contributed by atoms with Crippen molar-refractivity contribution in [3.8, 4) is 0 Å². The molecule has 0 aliphatic carbocycles. The molecule has 4 heteroatoms. The molecule has 2 aromatic rings. The molecule has 1 aliphatic heterocycles. The van der Waals surface area contributed by atoms with Gasteiger partial charge in [-0.25, -0.2) is 0 Å². The third-order valence-corrected chi connectivity index (χ3v) is 5.60. The van der Waals surface area contributed by atoms with Crippen molar-refractivity contribution in [3.63, 3.8) is 0 Å².